The number of hydrogen-bond donors (Lipinski definition) is 2. The van der Waals surface area contributed by atoms with Crippen LogP contribution in [-0.4, -0.2) is 22.6 Å². The molecule has 0 heterocycles. The van der Waals surface area contributed by atoms with E-state index >= 15 is 0 Å². The number of halogens is 1. The summed E-state index contributed by atoms with van der Waals surface area (Å²) in [5.41, 5.74) is 2.72. The van der Waals surface area contributed by atoms with Crippen molar-refractivity contribution in [2.75, 3.05) is 5.32 Å². The van der Waals surface area contributed by atoms with Gasteiger partial charge >= 0.3 is 0 Å². The second-order valence-corrected chi connectivity index (χ2v) is 7.64. The Kier molecular flexibility index (Phi) is 5.75. The number of hydrogen-bond acceptors (Lipinski definition) is 4. The van der Waals surface area contributed by atoms with Crippen molar-refractivity contribution in [3.05, 3.63) is 106 Å². The Hall–Kier alpha value is -3.61. The van der Waals surface area contributed by atoms with Gasteiger partial charge in [-0.05, 0) is 54.2 Å². The summed E-state index contributed by atoms with van der Waals surface area (Å²) in [5.74, 6) is -0.833. The molecule has 1 aliphatic carbocycles. The minimum absolute atomic E-state index is 0.0701. The zero-order chi connectivity index (χ0) is 22.0. The lowest BCUT2D eigenvalue weighted by Gasteiger charge is -2.18. The molecule has 2 N–H and O–H groups in total. The number of carbonyl (C=O) groups excluding carboxylic acids is 3. The monoisotopic (exact) mass is 446 g/mol. The number of ketones is 2. The first kappa shape index (κ1) is 20.7. The van der Waals surface area contributed by atoms with Crippen LogP contribution in [-0.2, 0) is 4.79 Å². The van der Waals surface area contributed by atoms with Crippen LogP contribution in [0.1, 0.15) is 37.4 Å². The van der Waals surface area contributed by atoms with Gasteiger partial charge < -0.3 is 5.32 Å². The first-order valence-corrected chi connectivity index (χ1v) is 10.1. The average Bonchev–Trinajstić information content (AvgIpc) is 2.77. The molecule has 5 nitrogen and oxygen atoms in total. The third-order valence-electron chi connectivity index (χ3n) is 4.72. The third kappa shape index (κ3) is 4.45. The maximum absolute atomic E-state index is 12.8. The van der Waals surface area contributed by atoms with Crippen LogP contribution < -0.4 is 10.6 Å². The molecule has 0 aromatic heterocycles. The van der Waals surface area contributed by atoms with E-state index in [1.165, 1.54) is 6.08 Å². The predicted octanol–water partition coefficient (Wildman–Crippen LogP) is 4.64. The number of fused-ring (bicyclic) bond motifs is 2. The fourth-order valence-corrected chi connectivity index (χ4v) is 3.58. The highest BCUT2D eigenvalue weighted by molar-refractivity contribution is 7.80. The van der Waals surface area contributed by atoms with Crippen molar-refractivity contribution in [1.82, 2.24) is 5.32 Å². The lowest BCUT2D eigenvalue weighted by atomic mass is 9.84. The van der Waals surface area contributed by atoms with Gasteiger partial charge in [-0.1, -0.05) is 48.0 Å². The normalized spacial score (nSPS) is 12.3. The molecule has 152 valence electrons. The van der Waals surface area contributed by atoms with Crippen LogP contribution >= 0.6 is 23.8 Å². The number of rotatable bonds is 3. The maximum Gasteiger partial charge on any atom is 0.250 e. The van der Waals surface area contributed by atoms with Gasteiger partial charge in [0.05, 0.1) is 0 Å². The molecule has 7 heteroatoms. The molecule has 4 rings (SSSR count). The lowest BCUT2D eigenvalue weighted by Crippen LogP contribution is -2.33. The topological polar surface area (TPSA) is 75.3 Å². The maximum atomic E-state index is 12.8. The number of amides is 1. The zero-order valence-electron chi connectivity index (χ0n) is 16.0. The van der Waals surface area contributed by atoms with Gasteiger partial charge in [0, 0.05) is 39.0 Å². The van der Waals surface area contributed by atoms with Gasteiger partial charge in [-0.25, -0.2) is 0 Å². The molecule has 0 spiro atoms. The molecule has 31 heavy (non-hydrogen) atoms. The van der Waals surface area contributed by atoms with Crippen LogP contribution in [0.4, 0.5) is 5.69 Å². The molecule has 0 radical (unpaired) electrons. The summed E-state index contributed by atoms with van der Waals surface area (Å²) >= 11 is 11.0. The molecule has 0 atom stereocenters. The van der Waals surface area contributed by atoms with Gasteiger partial charge in [0.2, 0.25) is 5.91 Å². The molecule has 0 saturated heterocycles. The van der Waals surface area contributed by atoms with Crippen molar-refractivity contribution in [1.29, 1.82) is 0 Å². The molecule has 1 amide bonds. The van der Waals surface area contributed by atoms with E-state index in [4.69, 9.17) is 23.8 Å². The highest BCUT2D eigenvalue weighted by atomic mass is 35.5. The van der Waals surface area contributed by atoms with Crippen molar-refractivity contribution >= 4 is 58.2 Å². The highest BCUT2D eigenvalue weighted by Crippen LogP contribution is 2.29. The van der Waals surface area contributed by atoms with E-state index in [2.05, 4.69) is 10.6 Å². The van der Waals surface area contributed by atoms with Crippen molar-refractivity contribution < 1.29 is 14.4 Å². The highest BCUT2D eigenvalue weighted by Gasteiger charge is 2.29. The molecule has 0 fully saturated rings. The molecule has 1 aliphatic rings. The standard InChI is InChI=1S/C24H15ClN2O3S/c25-15-8-5-14(6-9-15)7-12-21(28)27-24(31)26-16-10-11-19-20(13-16)23(30)18-4-2-1-3-17(18)22(19)29/h1-13H,(H2,26,27,28,31). The smallest absolute Gasteiger partial charge is 0.250 e. The second kappa shape index (κ2) is 8.63. The van der Waals surface area contributed by atoms with E-state index in [1.807, 2.05) is 0 Å². The molecule has 0 unspecified atom stereocenters. The number of nitrogens with one attached hydrogen (secondary N) is 2. The third-order valence-corrected chi connectivity index (χ3v) is 5.17. The molecule has 0 bridgehead atoms. The average molecular weight is 447 g/mol. The Morgan fingerprint density at radius 1 is 0.839 bits per heavy atom. The fourth-order valence-electron chi connectivity index (χ4n) is 3.24. The Labute approximate surface area is 188 Å². The van der Waals surface area contributed by atoms with E-state index in [-0.39, 0.29) is 16.7 Å². The van der Waals surface area contributed by atoms with Crippen molar-refractivity contribution in [2.45, 2.75) is 0 Å². The van der Waals surface area contributed by atoms with Crippen LogP contribution in [0.5, 0.6) is 0 Å². The van der Waals surface area contributed by atoms with E-state index in [0.717, 1.165) is 5.56 Å². The largest absolute Gasteiger partial charge is 0.332 e. The van der Waals surface area contributed by atoms with Crippen LogP contribution in [0.3, 0.4) is 0 Å². The van der Waals surface area contributed by atoms with E-state index < -0.39 is 5.91 Å². The minimum atomic E-state index is -0.411. The van der Waals surface area contributed by atoms with Gasteiger partial charge in [-0.2, -0.15) is 0 Å². The quantitative estimate of drug-likeness (QED) is 0.354. The van der Waals surface area contributed by atoms with Gasteiger partial charge in [0.25, 0.3) is 0 Å². The van der Waals surface area contributed by atoms with E-state index in [9.17, 15) is 14.4 Å². The van der Waals surface area contributed by atoms with Crippen LogP contribution in [0, 0.1) is 0 Å². The van der Waals surface area contributed by atoms with Crippen LogP contribution in [0.15, 0.2) is 72.8 Å². The van der Waals surface area contributed by atoms with Gasteiger partial charge in [0.1, 0.15) is 0 Å². The lowest BCUT2D eigenvalue weighted by molar-refractivity contribution is -0.115. The number of carbonyl (C=O) groups is 3. The first-order chi connectivity index (χ1) is 14.9. The van der Waals surface area contributed by atoms with Crippen molar-refractivity contribution in [3.8, 4) is 0 Å². The number of thiocarbonyl (C=S) groups is 1. The minimum Gasteiger partial charge on any atom is -0.332 e. The van der Waals surface area contributed by atoms with E-state index in [1.54, 1.807) is 72.8 Å². The fraction of sp³-hybridized carbons (Fsp3) is 0. The Morgan fingerprint density at radius 2 is 1.45 bits per heavy atom. The molecular weight excluding hydrogens is 432 g/mol. The Morgan fingerprint density at radius 3 is 2.13 bits per heavy atom. The summed E-state index contributed by atoms with van der Waals surface area (Å²) in [4.78, 5) is 37.6. The van der Waals surface area contributed by atoms with E-state index in [0.29, 0.717) is 33.0 Å². The van der Waals surface area contributed by atoms with Gasteiger partial charge in [-0.15, -0.1) is 0 Å². The Bertz CT molecular complexity index is 1270. The molecular formula is C24H15ClN2O3S. The number of benzene rings is 3. The first-order valence-electron chi connectivity index (χ1n) is 9.30. The number of anilines is 1. The molecule has 0 aliphatic heterocycles. The summed E-state index contributed by atoms with van der Waals surface area (Å²) in [6.45, 7) is 0. The summed E-state index contributed by atoms with van der Waals surface area (Å²) < 4.78 is 0. The van der Waals surface area contributed by atoms with Crippen molar-refractivity contribution in [3.63, 3.8) is 0 Å². The summed E-state index contributed by atoms with van der Waals surface area (Å²) in [6.07, 6.45) is 2.98. The van der Waals surface area contributed by atoms with Crippen LogP contribution in [0.2, 0.25) is 5.02 Å². The summed E-state index contributed by atoms with van der Waals surface area (Å²) in [7, 11) is 0. The van der Waals surface area contributed by atoms with Crippen molar-refractivity contribution in [2.24, 2.45) is 0 Å². The SMILES string of the molecule is O=C(C=Cc1ccc(Cl)cc1)NC(=S)Nc1ccc2c(c1)C(=O)c1ccccc1C2=O. The predicted molar refractivity (Wildman–Crippen MR) is 125 cm³/mol. The molecule has 3 aromatic carbocycles. The summed E-state index contributed by atoms with van der Waals surface area (Å²) in [6, 6.07) is 18.5. The van der Waals surface area contributed by atoms with Gasteiger partial charge in [-0.3, -0.25) is 19.7 Å². The summed E-state index contributed by atoms with van der Waals surface area (Å²) in [5, 5.41) is 6.10. The zero-order valence-corrected chi connectivity index (χ0v) is 17.6. The Balaban J connectivity index is 1.45. The van der Waals surface area contributed by atoms with Gasteiger partial charge in [0.15, 0.2) is 16.7 Å². The molecule has 3 aromatic rings. The molecule has 0 saturated carbocycles. The second-order valence-electron chi connectivity index (χ2n) is 6.79. The van der Waals surface area contributed by atoms with Crippen LogP contribution in [0.25, 0.3) is 6.08 Å².